The summed E-state index contributed by atoms with van der Waals surface area (Å²) in [5, 5.41) is 12.3. The minimum atomic E-state index is -0.535. The maximum Gasteiger partial charge on any atom is 0.282 e. The fourth-order valence-corrected chi connectivity index (χ4v) is 3.21. The highest BCUT2D eigenvalue weighted by Crippen LogP contribution is 2.29. The minimum absolute atomic E-state index is 0.0817. The van der Waals surface area contributed by atoms with E-state index in [1.807, 2.05) is 0 Å². The van der Waals surface area contributed by atoms with Crippen molar-refractivity contribution in [1.82, 2.24) is 4.90 Å². The average Bonchev–Trinajstić information content (AvgIpc) is 2.92. The van der Waals surface area contributed by atoms with E-state index in [-0.39, 0.29) is 23.2 Å². The molecular formula is C14H16BrClN2O3. The van der Waals surface area contributed by atoms with Crippen LogP contribution in [0, 0.1) is 10.1 Å². The van der Waals surface area contributed by atoms with Gasteiger partial charge in [-0.15, -0.1) is 0 Å². The van der Waals surface area contributed by atoms with Gasteiger partial charge in [-0.25, -0.2) is 0 Å². The van der Waals surface area contributed by atoms with Crippen molar-refractivity contribution in [1.29, 1.82) is 0 Å². The first-order valence-electron chi connectivity index (χ1n) is 6.85. The standard InChI is InChI=1S/C14H16BrClN2O3/c15-7-1-3-11-4-2-8-17(11)14(19)12-9-10(16)5-6-13(12)18(20)21/h5-6,9,11H,1-4,7-8H2. The Morgan fingerprint density at radius 2 is 2.29 bits per heavy atom. The first kappa shape index (κ1) is 16.2. The van der Waals surface area contributed by atoms with Crippen LogP contribution in [-0.2, 0) is 0 Å². The highest BCUT2D eigenvalue weighted by atomic mass is 79.9. The first-order chi connectivity index (χ1) is 10.0. The van der Waals surface area contributed by atoms with Crippen LogP contribution in [0.1, 0.15) is 36.0 Å². The molecule has 0 radical (unpaired) electrons. The first-order valence-corrected chi connectivity index (χ1v) is 8.35. The summed E-state index contributed by atoms with van der Waals surface area (Å²) >= 11 is 9.28. The number of rotatable bonds is 5. The molecule has 0 aromatic heterocycles. The number of carbonyl (C=O) groups is 1. The number of benzene rings is 1. The Morgan fingerprint density at radius 3 is 2.95 bits per heavy atom. The van der Waals surface area contributed by atoms with Crippen molar-refractivity contribution in [2.24, 2.45) is 0 Å². The summed E-state index contributed by atoms with van der Waals surface area (Å²) in [6.07, 6.45) is 3.78. The van der Waals surface area contributed by atoms with Crippen molar-refractivity contribution in [2.45, 2.75) is 31.7 Å². The van der Waals surface area contributed by atoms with E-state index in [9.17, 15) is 14.9 Å². The fraction of sp³-hybridized carbons (Fsp3) is 0.500. The SMILES string of the molecule is O=C(c1cc(Cl)ccc1[N+](=O)[O-])N1CCCC1CCCBr. The average molecular weight is 376 g/mol. The molecule has 5 nitrogen and oxygen atoms in total. The zero-order valence-corrected chi connectivity index (χ0v) is 13.8. The zero-order valence-electron chi connectivity index (χ0n) is 11.4. The third kappa shape index (κ3) is 3.74. The number of halogens is 2. The van der Waals surface area contributed by atoms with E-state index in [2.05, 4.69) is 15.9 Å². The summed E-state index contributed by atoms with van der Waals surface area (Å²) in [7, 11) is 0. The second kappa shape index (κ2) is 7.22. The van der Waals surface area contributed by atoms with Gasteiger partial charge in [-0.1, -0.05) is 27.5 Å². The molecular weight excluding hydrogens is 360 g/mol. The van der Waals surface area contributed by atoms with E-state index in [1.165, 1.54) is 18.2 Å². The van der Waals surface area contributed by atoms with Gasteiger partial charge in [0, 0.05) is 29.0 Å². The van der Waals surface area contributed by atoms with Crippen LogP contribution in [0.25, 0.3) is 0 Å². The molecule has 7 heteroatoms. The second-order valence-corrected chi connectivity index (χ2v) is 6.27. The molecule has 21 heavy (non-hydrogen) atoms. The highest BCUT2D eigenvalue weighted by molar-refractivity contribution is 9.09. The summed E-state index contributed by atoms with van der Waals surface area (Å²) < 4.78 is 0. The van der Waals surface area contributed by atoms with Gasteiger partial charge in [-0.2, -0.15) is 0 Å². The maximum atomic E-state index is 12.6. The molecule has 1 fully saturated rings. The molecule has 1 atom stereocenters. The molecule has 0 saturated carbocycles. The molecule has 0 aliphatic carbocycles. The van der Waals surface area contributed by atoms with Crippen molar-refractivity contribution in [3.63, 3.8) is 0 Å². The maximum absolute atomic E-state index is 12.6. The Hall–Kier alpha value is -1.14. The molecule has 0 bridgehead atoms. The summed E-state index contributed by atoms with van der Waals surface area (Å²) in [5.74, 6) is -0.290. The zero-order chi connectivity index (χ0) is 15.4. The van der Waals surface area contributed by atoms with Gasteiger partial charge < -0.3 is 4.90 Å². The molecule has 1 saturated heterocycles. The Morgan fingerprint density at radius 1 is 1.52 bits per heavy atom. The Kier molecular flexibility index (Phi) is 5.58. The number of hydrogen-bond acceptors (Lipinski definition) is 3. The molecule has 114 valence electrons. The largest absolute Gasteiger partial charge is 0.335 e. The number of alkyl halides is 1. The van der Waals surface area contributed by atoms with Crippen LogP contribution in [0.15, 0.2) is 18.2 Å². The third-order valence-electron chi connectivity index (χ3n) is 3.69. The minimum Gasteiger partial charge on any atom is -0.335 e. The van der Waals surface area contributed by atoms with Gasteiger partial charge in [0.15, 0.2) is 0 Å². The lowest BCUT2D eigenvalue weighted by atomic mass is 10.1. The van der Waals surface area contributed by atoms with E-state index >= 15 is 0 Å². The highest BCUT2D eigenvalue weighted by Gasteiger charge is 2.32. The van der Waals surface area contributed by atoms with Gasteiger partial charge >= 0.3 is 0 Å². The summed E-state index contributed by atoms with van der Waals surface area (Å²) in [4.78, 5) is 25.0. The number of likely N-dealkylation sites (tertiary alicyclic amines) is 1. The van der Waals surface area contributed by atoms with Crippen molar-refractivity contribution >= 4 is 39.1 Å². The van der Waals surface area contributed by atoms with Crippen LogP contribution in [0.3, 0.4) is 0 Å². The molecule has 1 aromatic rings. The number of amides is 1. The molecule has 1 heterocycles. The lowest BCUT2D eigenvalue weighted by Gasteiger charge is -2.24. The molecule has 1 aromatic carbocycles. The Balaban J connectivity index is 2.26. The molecule has 0 N–H and O–H groups in total. The van der Waals surface area contributed by atoms with E-state index in [4.69, 9.17) is 11.6 Å². The Bertz CT molecular complexity index is 553. The normalized spacial score (nSPS) is 18.0. The number of carbonyl (C=O) groups excluding carboxylic acids is 1. The molecule has 1 unspecified atom stereocenters. The van der Waals surface area contributed by atoms with E-state index in [0.29, 0.717) is 11.6 Å². The third-order valence-corrected chi connectivity index (χ3v) is 4.49. The number of nitro benzene ring substituents is 1. The summed E-state index contributed by atoms with van der Waals surface area (Å²) in [6.45, 7) is 0.648. The molecule has 1 aliphatic rings. The van der Waals surface area contributed by atoms with Crippen LogP contribution in [0.4, 0.5) is 5.69 Å². The second-order valence-electron chi connectivity index (χ2n) is 5.04. The van der Waals surface area contributed by atoms with Gasteiger partial charge in [0.05, 0.1) is 4.92 Å². The van der Waals surface area contributed by atoms with E-state index in [1.54, 1.807) is 4.90 Å². The van der Waals surface area contributed by atoms with Crippen molar-refractivity contribution in [3.05, 3.63) is 38.9 Å². The topological polar surface area (TPSA) is 63.4 Å². The predicted molar refractivity (Wildman–Crippen MR) is 85.2 cm³/mol. The van der Waals surface area contributed by atoms with Crippen LogP contribution in [0.5, 0.6) is 0 Å². The predicted octanol–water partition coefficient (Wildman–Crippen LogP) is 4.03. The van der Waals surface area contributed by atoms with Crippen molar-refractivity contribution in [2.75, 3.05) is 11.9 Å². The molecule has 1 amide bonds. The van der Waals surface area contributed by atoms with Crippen molar-refractivity contribution < 1.29 is 9.72 Å². The van der Waals surface area contributed by atoms with Crippen LogP contribution < -0.4 is 0 Å². The smallest absolute Gasteiger partial charge is 0.282 e. The van der Waals surface area contributed by atoms with E-state index < -0.39 is 4.92 Å². The van der Waals surface area contributed by atoms with Gasteiger partial charge in [0.2, 0.25) is 0 Å². The lowest BCUT2D eigenvalue weighted by Crippen LogP contribution is -2.35. The molecule has 0 spiro atoms. The summed E-state index contributed by atoms with van der Waals surface area (Å²) in [6, 6.07) is 4.28. The molecule has 1 aliphatic heterocycles. The van der Waals surface area contributed by atoms with Gasteiger partial charge in [-0.05, 0) is 37.8 Å². The van der Waals surface area contributed by atoms with Crippen LogP contribution in [0.2, 0.25) is 5.02 Å². The van der Waals surface area contributed by atoms with E-state index in [0.717, 1.165) is 31.0 Å². The number of nitro groups is 1. The Labute approximate surface area is 136 Å². The monoisotopic (exact) mass is 374 g/mol. The number of hydrogen-bond donors (Lipinski definition) is 0. The quantitative estimate of drug-likeness (QED) is 0.443. The molecule has 2 rings (SSSR count). The van der Waals surface area contributed by atoms with Gasteiger partial charge in [0.25, 0.3) is 11.6 Å². The fourth-order valence-electron chi connectivity index (χ4n) is 2.71. The van der Waals surface area contributed by atoms with Gasteiger partial charge in [-0.3, -0.25) is 14.9 Å². The van der Waals surface area contributed by atoms with Crippen molar-refractivity contribution in [3.8, 4) is 0 Å². The summed E-state index contributed by atoms with van der Waals surface area (Å²) in [5.41, 5.74) is -0.103. The lowest BCUT2D eigenvalue weighted by molar-refractivity contribution is -0.385. The van der Waals surface area contributed by atoms with Crippen LogP contribution >= 0.6 is 27.5 Å². The van der Waals surface area contributed by atoms with Gasteiger partial charge in [0.1, 0.15) is 5.56 Å². The van der Waals surface area contributed by atoms with Crippen LogP contribution in [-0.4, -0.2) is 33.6 Å². The number of nitrogens with zero attached hydrogens (tertiary/aromatic N) is 2.